The van der Waals surface area contributed by atoms with Crippen LogP contribution in [0.2, 0.25) is 0 Å². The summed E-state index contributed by atoms with van der Waals surface area (Å²) in [5.41, 5.74) is 0. The number of hydrogen-bond acceptors (Lipinski definition) is 3. The van der Waals surface area contributed by atoms with Crippen LogP contribution >= 0.6 is 0 Å². The van der Waals surface area contributed by atoms with Crippen molar-refractivity contribution < 1.29 is 22.7 Å². The van der Waals surface area contributed by atoms with Gasteiger partial charge in [-0.25, -0.2) is 0 Å². The van der Waals surface area contributed by atoms with Crippen molar-refractivity contribution in [1.29, 1.82) is 0 Å². The van der Waals surface area contributed by atoms with Gasteiger partial charge >= 0.3 is 12.1 Å². The van der Waals surface area contributed by atoms with Gasteiger partial charge in [-0.3, -0.25) is 4.79 Å². The van der Waals surface area contributed by atoms with Crippen molar-refractivity contribution in [2.75, 3.05) is 19.7 Å². The standard InChI is InChI=1S/C11H17F3N2O2/c12-11(13,14)10(17)16-8-3-6-18-9(8)7-1-4-15-5-2-7/h7-9,15H,1-6H2,(H,16,17)/t8-,9+/m1/s1. The first-order valence-electron chi connectivity index (χ1n) is 6.18. The molecular formula is C11H17F3N2O2. The third-order valence-corrected chi connectivity index (χ3v) is 3.56. The molecule has 2 fully saturated rings. The minimum Gasteiger partial charge on any atom is -0.376 e. The van der Waals surface area contributed by atoms with E-state index in [-0.39, 0.29) is 12.0 Å². The number of carbonyl (C=O) groups excluding carboxylic acids is 1. The third-order valence-electron chi connectivity index (χ3n) is 3.56. The zero-order chi connectivity index (χ0) is 13.2. The zero-order valence-electron chi connectivity index (χ0n) is 9.93. The van der Waals surface area contributed by atoms with Crippen LogP contribution < -0.4 is 10.6 Å². The molecule has 18 heavy (non-hydrogen) atoms. The Balaban J connectivity index is 1.93. The fourth-order valence-corrected chi connectivity index (χ4v) is 2.65. The first kappa shape index (κ1) is 13.6. The molecule has 0 unspecified atom stereocenters. The maximum absolute atomic E-state index is 12.2. The Labute approximate surface area is 103 Å². The maximum Gasteiger partial charge on any atom is 0.471 e. The van der Waals surface area contributed by atoms with Crippen LogP contribution in [0.3, 0.4) is 0 Å². The molecule has 2 N–H and O–H groups in total. The fourth-order valence-electron chi connectivity index (χ4n) is 2.65. The molecule has 0 saturated carbocycles. The molecule has 0 spiro atoms. The van der Waals surface area contributed by atoms with Crippen LogP contribution in [0.4, 0.5) is 13.2 Å². The molecule has 7 heteroatoms. The monoisotopic (exact) mass is 266 g/mol. The lowest BCUT2D eigenvalue weighted by molar-refractivity contribution is -0.174. The highest BCUT2D eigenvalue weighted by atomic mass is 19.4. The van der Waals surface area contributed by atoms with Gasteiger partial charge in [-0.15, -0.1) is 0 Å². The average Bonchev–Trinajstić information content (AvgIpc) is 2.77. The summed E-state index contributed by atoms with van der Waals surface area (Å²) < 4.78 is 42.1. The van der Waals surface area contributed by atoms with Crippen molar-refractivity contribution in [1.82, 2.24) is 10.6 Å². The second-order valence-electron chi connectivity index (χ2n) is 4.79. The molecule has 0 aromatic rings. The lowest BCUT2D eigenvalue weighted by Crippen LogP contribution is -2.49. The molecule has 0 aliphatic carbocycles. The summed E-state index contributed by atoms with van der Waals surface area (Å²) in [4.78, 5) is 10.9. The summed E-state index contributed by atoms with van der Waals surface area (Å²) >= 11 is 0. The summed E-state index contributed by atoms with van der Waals surface area (Å²) in [6, 6.07) is -0.512. The predicted octanol–water partition coefficient (Wildman–Crippen LogP) is 0.822. The minimum absolute atomic E-state index is 0.229. The summed E-state index contributed by atoms with van der Waals surface area (Å²) in [6.45, 7) is 2.12. The van der Waals surface area contributed by atoms with Gasteiger partial charge in [0.2, 0.25) is 0 Å². The van der Waals surface area contributed by atoms with Crippen molar-refractivity contribution in [3.8, 4) is 0 Å². The lowest BCUT2D eigenvalue weighted by atomic mass is 9.88. The maximum atomic E-state index is 12.2. The molecule has 4 nitrogen and oxygen atoms in total. The Kier molecular flexibility index (Phi) is 4.11. The van der Waals surface area contributed by atoms with Crippen molar-refractivity contribution >= 4 is 5.91 Å². The average molecular weight is 266 g/mol. The number of piperidine rings is 1. The van der Waals surface area contributed by atoms with Crippen LogP contribution in [0.1, 0.15) is 19.3 Å². The molecule has 2 heterocycles. The van der Waals surface area contributed by atoms with Crippen molar-refractivity contribution in [2.45, 2.75) is 37.6 Å². The third kappa shape index (κ3) is 3.14. The second kappa shape index (κ2) is 5.44. The first-order chi connectivity index (χ1) is 8.48. The van der Waals surface area contributed by atoms with E-state index in [1.807, 2.05) is 0 Å². The van der Waals surface area contributed by atoms with Crippen molar-refractivity contribution in [2.24, 2.45) is 5.92 Å². The highest BCUT2D eigenvalue weighted by Gasteiger charge is 2.43. The smallest absolute Gasteiger partial charge is 0.376 e. The van der Waals surface area contributed by atoms with E-state index in [1.165, 1.54) is 0 Å². The molecule has 2 aliphatic rings. The molecule has 2 aliphatic heterocycles. The number of hydrogen-bond donors (Lipinski definition) is 2. The van der Waals surface area contributed by atoms with Crippen molar-refractivity contribution in [3.63, 3.8) is 0 Å². The van der Waals surface area contributed by atoms with E-state index in [0.29, 0.717) is 13.0 Å². The molecule has 0 radical (unpaired) electrons. The van der Waals surface area contributed by atoms with Crippen molar-refractivity contribution in [3.05, 3.63) is 0 Å². The number of halogens is 3. The molecule has 0 aromatic carbocycles. The van der Waals surface area contributed by atoms with E-state index in [1.54, 1.807) is 0 Å². The van der Waals surface area contributed by atoms with E-state index in [4.69, 9.17) is 4.74 Å². The Morgan fingerprint density at radius 3 is 2.50 bits per heavy atom. The Morgan fingerprint density at radius 2 is 1.89 bits per heavy atom. The van der Waals surface area contributed by atoms with Gasteiger partial charge in [0, 0.05) is 6.61 Å². The summed E-state index contributed by atoms with van der Waals surface area (Å²) in [7, 11) is 0. The molecular weight excluding hydrogens is 249 g/mol. The Bertz CT molecular complexity index is 303. The van der Waals surface area contributed by atoms with Gasteiger partial charge in [0.25, 0.3) is 0 Å². The summed E-state index contributed by atoms with van der Waals surface area (Å²) in [5.74, 6) is -1.63. The number of rotatable bonds is 2. The minimum atomic E-state index is -4.82. The SMILES string of the molecule is O=C(N[C@@H]1CCO[C@H]1C1CCNCC1)C(F)(F)F. The molecule has 2 atom stereocenters. The molecule has 0 aromatic heterocycles. The highest BCUT2D eigenvalue weighted by Crippen LogP contribution is 2.28. The van der Waals surface area contributed by atoms with E-state index < -0.39 is 18.1 Å². The lowest BCUT2D eigenvalue weighted by Gasteiger charge is -2.31. The van der Waals surface area contributed by atoms with Crippen LogP contribution in [-0.2, 0) is 9.53 Å². The highest BCUT2D eigenvalue weighted by molar-refractivity contribution is 5.82. The molecule has 0 bridgehead atoms. The molecule has 1 amide bonds. The summed E-state index contributed by atoms with van der Waals surface area (Å²) in [6.07, 6.45) is -2.89. The summed E-state index contributed by atoms with van der Waals surface area (Å²) in [5, 5.41) is 5.25. The largest absolute Gasteiger partial charge is 0.471 e. The van der Waals surface area contributed by atoms with Crippen LogP contribution in [0.25, 0.3) is 0 Å². The van der Waals surface area contributed by atoms with Crippen LogP contribution in [0, 0.1) is 5.92 Å². The van der Waals surface area contributed by atoms with Gasteiger partial charge in [-0.05, 0) is 38.3 Å². The number of carbonyl (C=O) groups is 1. The topological polar surface area (TPSA) is 50.4 Å². The van der Waals surface area contributed by atoms with Gasteiger partial charge in [0.15, 0.2) is 0 Å². The van der Waals surface area contributed by atoms with E-state index >= 15 is 0 Å². The first-order valence-corrected chi connectivity index (χ1v) is 6.18. The number of amides is 1. The molecule has 104 valence electrons. The van der Waals surface area contributed by atoms with Gasteiger partial charge < -0.3 is 15.4 Å². The number of nitrogens with one attached hydrogen (secondary N) is 2. The quantitative estimate of drug-likeness (QED) is 0.778. The van der Waals surface area contributed by atoms with Gasteiger partial charge in [-0.2, -0.15) is 13.2 Å². The number of alkyl halides is 3. The zero-order valence-corrected chi connectivity index (χ0v) is 9.93. The Morgan fingerprint density at radius 1 is 1.22 bits per heavy atom. The number of ether oxygens (including phenoxy) is 1. The van der Waals surface area contributed by atoms with Crippen LogP contribution in [-0.4, -0.2) is 43.9 Å². The van der Waals surface area contributed by atoms with Gasteiger partial charge in [0.1, 0.15) is 0 Å². The normalized spacial score (nSPS) is 30.4. The van der Waals surface area contributed by atoms with Crippen LogP contribution in [0.15, 0.2) is 0 Å². The van der Waals surface area contributed by atoms with E-state index in [0.717, 1.165) is 25.9 Å². The van der Waals surface area contributed by atoms with Gasteiger partial charge in [0.05, 0.1) is 12.1 Å². The fraction of sp³-hybridized carbons (Fsp3) is 0.909. The Hall–Kier alpha value is -0.820. The van der Waals surface area contributed by atoms with E-state index in [9.17, 15) is 18.0 Å². The molecule has 2 saturated heterocycles. The van der Waals surface area contributed by atoms with Crippen LogP contribution in [0.5, 0.6) is 0 Å². The van der Waals surface area contributed by atoms with Gasteiger partial charge in [-0.1, -0.05) is 0 Å². The predicted molar refractivity (Wildman–Crippen MR) is 57.9 cm³/mol. The van der Waals surface area contributed by atoms with E-state index in [2.05, 4.69) is 10.6 Å². The second-order valence-corrected chi connectivity index (χ2v) is 4.79. The molecule has 2 rings (SSSR count).